The molecule has 3 aromatic rings. The fourth-order valence-corrected chi connectivity index (χ4v) is 5.34. The van der Waals surface area contributed by atoms with Crippen LogP contribution in [0.2, 0.25) is 0 Å². The molecule has 2 aromatic carbocycles. The number of fused-ring (bicyclic) bond motifs is 1. The highest BCUT2D eigenvalue weighted by atomic mass is 16.5. The lowest BCUT2D eigenvalue weighted by atomic mass is 9.85. The first-order valence-corrected chi connectivity index (χ1v) is 12.5. The monoisotopic (exact) mass is 471 g/mol. The number of benzene rings is 2. The Labute approximate surface area is 207 Å². The predicted molar refractivity (Wildman–Crippen MR) is 137 cm³/mol. The van der Waals surface area contributed by atoms with Crippen molar-refractivity contribution in [3.05, 3.63) is 76.9 Å². The van der Waals surface area contributed by atoms with Gasteiger partial charge in [0.15, 0.2) is 0 Å². The number of carbonyl (C=O) groups excluding carboxylic acids is 1. The number of nitrogens with zero attached hydrogens (tertiary/aromatic N) is 3. The second-order valence-corrected chi connectivity index (χ2v) is 9.30. The molecule has 6 heteroatoms. The van der Waals surface area contributed by atoms with Gasteiger partial charge in [-0.2, -0.15) is 0 Å². The minimum atomic E-state index is 0.107. The third kappa shape index (κ3) is 4.57. The van der Waals surface area contributed by atoms with Crippen molar-refractivity contribution in [2.75, 3.05) is 20.8 Å². The Morgan fingerprint density at radius 1 is 1.09 bits per heavy atom. The minimum Gasteiger partial charge on any atom is -0.497 e. The molecule has 5 rings (SSSR count). The highest BCUT2D eigenvalue weighted by Gasteiger charge is 2.33. The smallest absolute Gasteiger partial charge is 0.250 e. The number of hydrogen-bond acceptors (Lipinski definition) is 4. The fraction of sp³-hybridized carbons (Fsp3) is 0.379. The third-order valence-electron chi connectivity index (χ3n) is 7.21. The van der Waals surface area contributed by atoms with Crippen LogP contribution < -0.4 is 9.47 Å². The van der Waals surface area contributed by atoms with Crippen LogP contribution in [0.15, 0.2) is 54.5 Å². The Hall–Kier alpha value is -3.54. The number of likely N-dealkylation sites (tertiary alicyclic amines) is 1. The number of aryl methyl sites for hydroxylation is 2. The summed E-state index contributed by atoms with van der Waals surface area (Å²) in [5.41, 5.74) is 6.37. The molecule has 35 heavy (non-hydrogen) atoms. The van der Waals surface area contributed by atoms with Gasteiger partial charge in [-0.05, 0) is 85.6 Å². The molecular formula is C29H33N3O3. The zero-order chi connectivity index (χ0) is 24.4. The molecule has 1 saturated heterocycles. The summed E-state index contributed by atoms with van der Waals surface area (Å²) in [4.78, 5) is 20.2. The molecule has 1 unspecified atom stereocenters. The molecule has 1 aliphatic carbocycles. The maximum absolute atomic E-state index is 13.7. The van der Waals surface area contributed by atoms with Gasteiger partial charge in [-0.3, -0.25) is 4.79 Å². The molecule has 1 atom stereocenters. The normalized spacial score (nSPS) is 19.1. The van der Waals surface area contributed by atoms with Gasteiger partial charge in [0.05, 0.1) is 38.0 Å². The van der Waals surface area contributed by atoms with Gasteiger partial charge >= 0.3 is 0 Å². The standard InChI is InChI=1S/C29H33N3O3/c1-4-23-18-31(19-30-23)27-13-10-20(16-28(27)35-3)15-22-8-6-14-32(29(22)33)26-9-5-7-21-11-12-24(34-2)17-25(21)26/h10-13,15-19,26H,4-9,14H2,1-3H3. The van der Waals surface area contributed by atoms with E-state index in [1.807, 2.05) is 47.4 Å². The molecule has 1 aliphatic heterocycles. The van der Waals surface area contributed by atoms with Gasteiger partial charge in [0.1, 0.15) is 11.5 Å². The van der Waals surface area contributed by atoms with Crippen LogP contribution in [0.1, 0.15) is 61.0 Å². The van der Waals surface area contributed by atoms with Crippen molar-refractivity contribution in [1.29, 1.82) is 0 Å². The van der Waals surface area contributed by atoms with Crippen molar-refractivity contribution in [1.82, 2.24) is 14.5 Å². The predicted octanol–water partition coefficient (Wildman–Crippen LogP) is 5.54. The van der Waals surface area contributed by atoms with Crippen LogP contribution in [0.25, 0.3) is 11.8 Å². The number of aromatic nitrogens is 2. The molecule has 0 saturated carbocycles. The average molecular weight is 472 g/mol. The average Bonchev–Trinajstić information content (AvgIpc) is 3.38. The fourth-order valence-electron chi connectivity index (χ4n) is 5.34. The second-order valence-electron chi connectivity index (χ2n) is 9.30. The van der Waals surface area contributed by atoms with Crippen LogP contribution >= 0.6 is 0 Å². The van der Waals surface area contributed by atoms with Crippen molar-refractivity contribution in [2.45, 2.75) is 51.5 Å². The number of amides is 1. The van der Waals surface area contributed by atoms with Crippen LogP contribution in [0.3, 0.4) is 0 Å². The first-order valence-electron chi connectivity index (χ1n) is 12.5. The van der Waals surface area contributed by atoms with Gasteiger partial charge in [-0.25, -0.2) is 4.98 Å². The maximum Gasteiger partial charge on any atom is 0.250 e. The summed E-state index contributed by atoms with van der Waals surface area (Å²) in [5.74, 6) is 1.75. The third-order valence-corrected chi connectivity index (χ3v) is 7.21. The molecule has 6 nitrogen and oxygen atoms in total. The van der Waals surface area contributed by atoms with Crippen LogP contribution in [0.5, 0.6) is 11.5 Å². The van der Waals surface area contributed by atoms with E-state index < -0.39 is 0 Å². The van der Waals surface area contributed by atoms with Gasteiger partial charge in [0, 0.05) is 18.3 Å². The highest BCUT2D eigenvalue weighted by Crippen LogP contribution is 2.39. The molecule has 2 aliphatic rings. The van der Waals surface area contributed by atoms with Crippen molar-refractivity contribution < 1.29 is 14.3 Å². The summed E-state index contributed by atoms with van der Waals surface area (Å²) in [5, 5.41) is 0. The maximum atomic E-state index is 13.7. The molecule has 182 valence electrons. The van der Waals surface area contributed by atoms with Crippen molar-refractivity contribution in [3.8, 4) is 17.2 Å². The van der Waals surface area contributed by atoms with Crippen LogP contribution in [0.4, 0.5) is 0 Å². The van der Waals surface area contributed by atoms with Crippen LogP contribution in [-0.4, -0.2) is 41.1 Å². The van der Waals surface area contributed by atoms with Gasteiger partial charge in [0.2, 0.25) is 5.91 Å². The lowest BCUT2D eigenvalue weighted by Crippen LogP contribution is -2.41. The molecule has 0 radical (unpaired) electrons. The first-order chi connectivity index (χ1) is 17.1. The first kappa shape index (κ1) is 23.2. The van der Waals surface area contributed by atoms with Crippen molar-refractivity contribution >= 4 is 12.0 Å². The van der Waals surface area contributed by atoms with E-state index in [-0.39, 0.29) is 11.9 Å². The topological polar surface area (TPSA) is 56.6 Å². The Morgan fingerprint density at radius 2 is 1.97 bits per heavy atom. The molecule has 0 bridgehead atoms. The largest absolute Gasteiger partial charge is 0.497 e. The molecule has 0 N–H and O–H groups in total. The number of rotatable bonds is 6. The van der Waals surface area contributed by atoms with E-state index in [1.165, 1.54) is 11.1 Å². The SMILES string of the molecule is CCc1cn(-c2ccc(C=C3CCCN(C4CCCc5ccc(OC)cc54)C3=O)cc2OC)cn1. The van der Waals surface area contributed by atoms with E-state index in [4.69, 9.17) is 9.47 Å². The Balaban J connectivity index is 1.42. The van der Waals surface area contributed by atoms with Gasteiger partial charge < -0.3 is 18.9 Å². The summed E-state index contributed by atoms with van der Waals surface area (Å²) >= 11 is 0. The van der Waals surface area contributed by atoms with E-state index >= 15 is 0 Å². The number of hydrogen-bond donors (Lipinski definition) is 0. The van der Waals surface area contributed by atoms with E-state index in [0.717, 1.165) is 79.1 Å². The second kappa shape index (κ2) is 9.98. The quantitative estimate of drug-likeness (QED) is 0.443. The van der Waals surface area contributed by atoms with E-state index in [9.17, 15) is 4.79 Å². The van der Waals surface area contributed by atoms with E-state index in [0.29, 0.717) is 0 Å². The van der Waals surface area contributed by atoms with Gasteiger partial charge in [0.25, 0.3) is 0 Å². The van der Waals surface area contributed by atoms with Crippen molar-refractivity contribution in [2.24, 2.45) is 0 Å². The van der Waals surface area contributed by atoms with Gasteiger partial charge in [-0.1, -0.05) is 19.1 Å². The number of imidazole rings is 1. The number of carbonyl (C=O) groups is 1. The molecule has 1 amide bonds. The Bertz CT molecular complexity index is 1260. The molecule has 1 fully saturated rings. The molecule has 2 heterocycles. The summed E-state index contributed by atoms with van der Waals surface area (Å²) in [6.07, 6.45) is 11.7. The molecule has 0 spiro atoms. The lowest BCUT2D eigenvalue weighted by molar-refractivity contribution is -0.131. The molecule has 1 aromatic heterocycles. The van der Waals surface area contributed by atoms with E-state index in [1.54, 1.807) is 14.2 Å². The Kier molecular flexibility index (Phi) is 6.62. The summed E-state index contributed by atoms with van der Waals surface area (Å²) < 4.78 is 13.2. The minimum absolute atomic E-state index is 0.107. The molecular weight excluding hydrogens is 438 g/mol. The lowest BCUT2D eigenvalue weighted by Gasteiger charge is -2.39. The Morgan fingerprint density at radius 3 is 2.74 bits per heavy atom. The van der Waals surface area contributed by atoms with Crippen molar-refractivity contribution in [3.63, 3.8) is 0 Å². The zero-order valence-corrected chi connectivity index (χ0v) is 20.8. The van der Waals surface area contributed by atoms with Crippen LogP contribution in [-0.2, 0) is 17.6 Å². The summed E-state index contributed by atoms with van der Waals surface area (Å²) in [6.45, 7) is 2.88. The number of methoxy groups -OCH3 is 2. The van der Waals surface area contributed by atoms with E-state index in [2.05, 4.69) is 28.9 Å². The zero-order valence-electron chi connectivity index (χ0n) is 20.8. The van der Waals surface area contributed by atoms with Gasteiger partial charge in [-0.15, -0.1) is 0 Å². The number of ether oxygens (including phenoxy) is 2. The highest BCUT2D eigenvalue weighted by molar-refractivity contribution is 5.99. The van der Waals surface area contributed by atoms with Crippen LogP contribution in [0, 0.1) is 0 Å². The number of piperidine rings is 1. The summed E-state index contributed by atoms with van der Waals surface area (Å²) in [6, 6.07) is 12.5. The summed E-state index contributed by atoms with van der Waals surface area (Å²) in [7, 11) is 3.37.